The van der Waals surface area contributed by atoms with Gasteiger partial charge in [-0.2, -0.15) is 0 Å². The van der Waals surface area contributed by atoms with Crippen LogP contribution in [0.15, 0.2) is 30.5 Å². The number of likely N-dealkylation sites (N-methyl/N-ethyl adjacent to an activating group) is 1. The van der Waals surface area contributed by atoms with Crippen LogP contribution in [0.5, 0.6) is 0 Å². The lowest BCUT2D eigenvalue weighted by atomic mass is 9.79. The molecule has 4 rings (SSSR count). The second kappa shape index (κ2) is 6.23. The lowest BCUT2D eigenvalue weighted by molar-refractivity contribution is -0.880. The third-order valence-electron chi connectivity index (χ3n) is 5.87. The van der Waals surface area contributed by atoms with Crippen molar-refractivity contribution >= 4 is 22.4 Å². The molecule has 138 valence electrons. The van der Waals surface area contributed by atoms with Crippen molar-refractivity contribution in [1.29, 1.82) is 0 Å². The van der Waals surface area contributed by atoms with Crippen LogP contribution in [0.3, 0.4) is 0 Å². The van der Waals surface area contributed by atoms with Gasteiger partial charge in [0.15, 0.2) is 0 Å². The van der Waals surface area contributed by atoms with Crippen LogP contribution in [0.4, 0.5) is 0 Å². The molecule has 2 aromatic rings. The van der Waals surface area contributed by atoms with Gasteiger partial charge in [-0.1, -0.05) is 25.1 Å². The lowest BCUT2D eigenvalue weighted by Gasteiger charge is -2.51. The van der Waals surface area contributed by atoms with E-state index in [-0.39, 0.29) is 31.1 Å². The molecule has 4 atom stereocenters. The van der Waals surface area contributed by atoms with E-state index in [2.05, 4.69) is 10.3 Å². The number of carbonyl (C=O) groups is 1. The molecule has 0 fully saturated rings. The van der Waals surface area contributed by atoms with Crippen LogP contribution < -0.4 is 5.32 Å². The van der Waals surface area contributed by atoms with Crippen LogP contribution in [0.25, 0.3) is 16.5 Å². The van der Waals surface area contributed by atoms with Gasteiger partial charge in [0, 0.05) is 29.1 Å². The van der Waals surface area contributed by atoms with E-state index >= 15 is 0 Å². The predicted octanol–water partition coefficient (Wildman–Crippen LogP) is 1.94. The highest BCUT2D eigenvalue weighted by atomic mass is 16.5. The quantitative estimate of drug-likeness (QED) is 0.578. The Bertz CT molecular complexity index is 880. The highest BCUT2D eigenvalue weighted by molar-refractivity contribution is 5.99. The number of hydrogen-bond acceptors (Lipinski definition) is 3. The van der Waals surface area contributed by atoms with Gasteiger partial charge in [0.2, 0.25) is 5.91 Å². The first kappa shape index (κ1) is 17.3. The number of rotatable bonds is 4. The predicted molar refractivity (Wildman–Crippen MR) is 101 cm³/mol. The Morgan fingerprint density at radius 1 is 1.50 bits per heavy atom. The highest BCUT2D eigenvalue weighted by Crippen LogP contribution is 2.43. The second-order valence-electron chi connectivity index (χ2n) is 7.64. The van der Waals surface area contributed by atoms with E-state index in [0.29, 0.717) is 12.8 Å². The minimum atomic E-state index is -0.486. The van der Waals surface area contributed by atoms with Gasteiger partial charge in [-0.25, -0.2) is 0 Å². The van der Waals surface area contributed by atoms with Crippen molar-refractivity contribution in [1.82, 2.24) is 10.3 Å². The molecule has 1 unspecified atom stereocenters. The second-order valence-corrected chi connectivity index (χ2v) is 7.64. The first-order valence-corrected chi connectivity index (χ1v) is 9.23. The molecule has 6 heteroatoms. The molecule has 6 nitrogen and oxygen atoms in total. The number of nitrogens with one attached hydrogen (secondary N) is 2. The van der Waals surface area contributed by atoms with E-state index in [9.17, 15) is 15.1 Å². The fourth-order valence-corrected chi connectivity index (χ4v) is 4.37. The maximum Gasteiger partial charge on any atom is 0.232 e. The summed E-state index contributed by atoms with van der Waals surface area (Å²) in [5.74, 6) is -0.663. The zero-order valence-corrected chi connectivity index (χ0v) is 15.2. The Morgan fingerprint density at radius 3 is 3.04 bits per heavy atom. The van der Waals surface area contributed by atoms with E-state index < -0.39 is 10.6 Å². The van der Waals surface area contributed by atoms with E-state index in [4.69, 9.17) is 0 Å². The smallest absolute Gasteiger partial charge is 0.232 e. The highest BCUT2D eigenvalue weighted by Gasteiger charge is 2.42. The third kappa shape index (κ3) is 2.65. The average molecular weight is 355 g/mol. The van der Waals surface area contributed by atoms with Crippen molar-refractivity contribution < 1.29 is 14.5 Å². The number of hydrogen-bond donors (Lipinski definition) is 3. The molecule has 1 amide bonds. The van der Waals surface area contributed by atoms with E-state index in [0.717, 1.165) is 22.0 Å². The van der Waals surface area contributed by atoms with Crippen LogP contribution in [-0.2, 0) is 11.2 Å². The van der Waals surface area contributed by atoms with Crippen molar-refractivity contribution in [2.75, 3.05) is 20.2 Å². The van der Waals surface area contributed by atoms with Crippen LogP contribution in [0.1, 0.15) is 24.5 Å². The Labute approximate surface area is 152 Å². The summed E-state index contributed by atoms with van der Waals surface area (Å²) < 4.78 is -0.457. The summed E-state index contributed by atoms with van der Waals surface area (Å²) >= 11 is 0. The van der Waals surface area contributed by atoms with E-state index in [1.54, 1.807) is 7.05 Å². The fourth-order valence-electron chi connectivity index (χ4n) is 4.37. The van der Waals surface area contributed by atoms with Crippen molar-refractivity contribution in [3.63, 3.8) is 0 Å². The molecule has 1 aromatic heterocycles. The van der Waals surface area contributed by atoms with E-state index in [1.165, 1.54) is 5.56 Å². The molecule has 0 spiro atoms. The van der Waals surface area contributed by atoms with Crippen molar-refractivity contribution in [3.8, 4) is 0 Å². The van der Waals surface area contributed by atoms with Crippen LogP contribution >= 0.6 is 0 Å². The number of carbonyl (C=O) groups excluding carboxylic acids is 1. The summed E-state index contributed by atoms with van der Waals surface area (Å²) in [6.45, 7) is 2.04. The zero-order valence-electron chi connectivity index (χ0n) is 15.2. The Hall–Kier alpha value is -2.15. The summed E-state index contributed by atoms with van der Waals surface area (Å²) in [6.07, 6.45) is 5.32. The average Bonchev–Trinajstić information content (AvgIpc) is 3.04. The normalized spacial score (nSPS) is 28.4. The minimum absolute atomic E-state index is 0.0936. The first-order chi connectivity index (χ1) is 12.4. The van der Waals surface area contributed by atoms with Gasteiger partial charge in [-0.05, 0) is 23.6 Å². The van der Waals surface area contributed by atoms with Crippen molar-refractivity contribution in [2.24, 2.45) is 5.92 Å². The van der Waals surface area contributed by atoms with Gasteiger partial charge in [0.05, 0.1) is 26.2 Å². The van der Waals surface area contributed by atoms with Crippen molar-refractivity contribution in [2.45, 2.75) is 31.8 Å². The standard InChI is InChI=1S/C20H25N3O3/c1-3-14(11-24)22-20(25)13-7-16-15-5-4-6-17-19(15)12(9-21-17)8-18(16)23(2,26)10-13/h4-7,9,13-14,18,21,24H,3,8,10-11H2,1-2H3,(H,22,25)/t13-,14+,18-,23?/m1/s1. The topological polar surface area (TPSA) is 88.2 Å². The van der Waals surface area contributed by atoms with Crippen LogP contribution in [0, 0.1) is 11.1 Å². The number of aromatic nitrogens is 1. The monoisotopic (exact) mass is 355 g/mol. The van der Waals surface area contributed by atoms with Crippen LogP contribution in [0.2, 0.25) is 0 Å². The molecule has 26 heavy (non-hydrogen) atoms. The molecule has 0 bridgehead atoms. The van der Waals surface area contributed by atoms with Gasteiger partial charge in [-0.15, -0.1) is 0 Å². The number of aliphatic hydroxyl groups is 1. The molecule has 3 N–H and O–H groups in total. The van der Waals surface area contributed by atoms with Gasteiger partial charge < -0.3 is 25.3 Å². The Kier molecular flexibility index (Phi) is 4.14. The van der Waals surface area contributed by atoms with Gasteiger partial charge in [0.1, 0.15) is 12.0 Å². The summed E-state index contributed by atoms with van der Waals surface area (Å²) in [5.41, 5.74) is 4.27. The Balaban J connectivity index is 1.76. The number of amides is 1. The number of aliphatic hydroxyl groups excluding tert-OH is 1. The number of fused-ring (bicyclic) bond motifs is 2. The number of H-pyrrole nitrogens is 1. The number of hydroxylamine groups is 3. The summed E-state index contributed by atoms with van der Waals surface area (Å²) in [7, 11) is 1.67. The zero-order chi connectivity index (χ0) is 18.5. The summed E-state index contributed by atoms with van der Waals surface area (Å²) in [4.78, 5) is 16.0. The molecular formula is C20H25N3O3. The minimum Gasteiger partial charge on any atom is -0.633 e. The molecular weight excluding hydrogens is 330 g/mol. The molecule has 0 radical (unpaired) electrons. The summed E-state index contributed by atoms with van der Waals surface area (Å²) in [5, 5.41) is 26.7. The maximum atomic E-state index is 13.3. The third-order valence-corrected chi connectivity index (χ3v) is 5.87. The van der Waals surface area contributed by atoms with Gasteiger partial charge >= 0.3 is 0 Å². The van der Waals surface area contributed by atoms with Gasteiger partial charge in [-0.3, -0.25) is 4.79 Å². The lowest BCUT2D eigenvalue weighted by Crippen LogP contribution is -2.57. The number of benzene rings is 1. The van der Waals surface area contributed by atoms with Gasteiger partial charge in [0.25, 0.3) is 0 Å². The number of quaternary nitrogens is 1. The van der Waals surface area contributed by atoms with Crippen LogP contribution in [-0.4, -0.2) is 52.9 Å². The van der Waals surface area contributed by atoms with E-state index in [1.807, 2.05) is 37.4 Å². The molecule has 1 aliphatic carbocycles. The number of nitrogens with zero attached hydrogens (tertiary/aromatic N) is 1. The SMILES string of the molecule is CC[C@@H](CO)NC(=O)[C@@H]1C=C2c3cccc4[nH]cc(c34)C[C@H]2[N+](C)([O-])C1. The maximum absolute atomic E-state index is 13.3. The fraction of sp³-hybridized carbons (Fsp3) is 0.450. The number of aromatic amines is 1. The summed E-state index contributed by atoms with van der Waals surface area (Å²) in [6, 6.07) is 5.61. The molecule has 2 heterocycles. The first-order valence-electron chi connectivity index (χ1n) is 9.23. The molecule has 0 saturated carbocycles. The molecule has 0 saturated heterocycles. The molecule has 1 aliphatic heterocycles. The largest absolute Gasteiger partial charge is 0.633 e. The Morgan fingerprint density at radius 2 is 2.31 bits per heavy atom. The van der Waals surface area contributed by atoms with Crippen molar-refractivity contribution in [3.05, 3.63) is 46.8 Å². The molecule has 2 aliphatic rings. The molecule has 1 aromatic carbocycles.